The monoisotopic (exact) mass is 498 g/mol. The number of hydrogen-bond acceptors (Lipinski definition) is 3. The fourth-order valence-corrected chi connectivity index (χ4v) is 4.13. The summed E-state index contributed by atoms with van der Waals surface area (Å²) in [5.41, 5.74) is 4.86. The number of benzene rings is 3. The first-order valence-corrected chi connectivity index (χ1v) is 12.4. The topological polar surface area (TPSA) is 78.1 Å². The van der Waals surface area contributed by atoms with Crippen LogP contribution in [0.3, 0.4) is 0 Å². The molecule has 6 nitrogen and oxygen atoms in total. The summed E-state index contributed by atoms with van der Waals surface area (Å²) in [6, 6.07) is 23.2. The van der Waals surface area contributed by atoms with Gasteiger partial charge in [0.25, 0.3) is 11.8 Å². The number of aromatic amines is 1. The summed E-state index contributed by atoms with van der Waals surface area (Å²) in [6.07, 6.45) is 3.76. The molecule has 0 atom stereocenters. The maximum absolute atomic E-state index is 14.0. The summed E-state index contributed by atoms with van der Waals surface area (Å²) in [6.45, 7) is 2.46. The van der Waals surface area contributed by atoms with Crippen molar-refractivity contribution in [3.63, 3.8) is 0 Å². The van der Waals surface area contributed by atoms with Crippen LogP contribution in [0, 0.1) is 12.7 Å². The van der Waals surface area contributed by atoms with Crippen LogP contribution in [0.2, 0.25) is 0 Å². The van der Waals surface area contributed by atoms with E-state index in [1.54, 1.807) is 36.2 Å². The zero-order valence-corrected chi connectivity index (χ0v) is 21.1. The Hall–Kier alpha value is -4.26. The van der Waals surface area contributed by atoms with Crippen molar-refractivity contribution in [3.05, 3.63) is 107 Å². The van der Waals surface area contributed by atoms with Crippen LogP contribution >= 0.6 is 0 Å². The lowest BCUT2D eigenvalue weighted by Gasteiger charge is -2.18. The predicted octanol–water partition coefficient (Wildman–Crippen LogP) is 6.26. The van der Waals surface area contributed by atoms with E-state index < -0.39 is 11.7 Å². The zero-order valence-electron chi connectivity index (χ0n) is 21.1. The average molecular weight is 499 g/mol. The maximum atomic E-state index is 14.0. The molecule has 0 aliphatic carbocycles. The summed E-state index contributed by atoms with van der Waals surface area (Å²) < 4.78 is 14.0. The number of halogens is 1. The third-order valence-electron chi connectivity index (χ3n) is 6.34. The Morgan fingerprint density at radius 3 is 2.49 bits per heavy atom. The van der Waals surface area contributed by atoms with E-state index in [0.717, 1.165) is 48.2 Å². The van der Waals surface area contributed by atoms with Gasteiger partial charge in [-0.2, -0.15) is 5.10 Å². The van der Waals surface area contributed by atoms with Crippen LogP contribution < -0.4 is 5.32 Å². The van der Waals surface area contributed by atoms with E-state index in [0.29, 0.717) is 17.8 Å². The highest BCUT2D eigenvalue weighted by Crippen LogP contribution is 2.21. The maximum Gasteiger partial charge on any atom is 0.258 e. The summed E-state index contributed by atoms with van der Waals surface area (Å²) in [4.78, 5) is 27.2. The molecule has 0 fully saturated rings. The highest BCUT2D eigenvalue weighted by molar-refractivity contribution is 6.05. The van der Waals surface area contributed by atoms with E-state index in [9.17, 15) is 14.0 Å². The van der Waals surface area contributed by atoms with Crippen LogP contribution in [0.1, 0.15) is 51.2 Å². The lowest BCUT2D eigenvalue weighted by Crippen LogP contribution is -2.28. The number of H-pyrrole nitrogens is 1. The van der Waals surface area contributed by atoms with Crippen molar-refractivity contribution in [3.8, 4) is 11.3 Å². The quantitative estimate of drug-likeness (QED) is 0.253. The highest BCUT2D eigenvalue weighted by atomic mass is 19.1. The smallest absolute Gasteiger partial charge is 0.258 e. The number of rotatable bonds is 10. The second-order valence-electron chi connectivity index (χ2n) is 9.15. The second kappa shape index (κ2) is 12.1. The number of anilines is 1. The van der Waals surface area contributed by atoms with Crippen molar-refractivity contribution in [1.29, 1.82) is 0 Å². The standard InChI is InChI=1S/C30H31FN4O2/c1-21-16-17-23(19-27(21)32-29(36)25-14-8-9-15-26(25)31)30(37)35(2)18-10-4-7-13-24-20-28(34-33-24)22-11-5-3-6-12-22/h3,5-6,8-9,11-12,14-17,19-20H,4,7,10,13,18H2,1-2H3,(H,32,36)(H,33,34). The molecular weight excluding hydrogens is 467 g/mol. The largest absolute Gasteiger partial charge is 0.342 e. The van der Waals surface area contributed by atoms with Crippen molar-refractivity contribution in [2.24, 2.45) is 0 Å². The SMILES string of the molecule is Cc1ccc(C(=O)N(C)CCCCCc2cc(-c3ccccc3)n[nH]2)cc1NC(=O)c1ccccc1F. The molecule has 0 aliphatic heterocycles. The van der Waals surface area contributed by atoms with Crippen molar-refractivity contribution >= 4 is 17.5 Å². The van der Waals surface area contributed by atoms with Crippen molar-refractivity contribution in [2.75, 3.05) is 18.9 Å². The van der Waals surface area contributed by atoms with Crippen molar-refractivity contribution in [2.45, 2.75) is 32.6 Å². The van der Waals surface area contributed by atoms with Crippen LogP contribution in [0.25, 0.3) is 11.3 Å². The van der Waals surface area contributed by atoms with Gasteiger partial charge in [0.2, 0.25) is 0 Å². The predicted molar refractivity (Wildman–Crippen MR) is 144 cm³/mol. The van der Waals surface area contributed by atoms with Gasteiger partial charge < -0.3 is 10.2 Å². The minimum Gasteiger partial charge on any atom is -0.342 e. The first-order chi connectivity index (χ1) is 17.9. The van der Waals surface area contributed by atoms with Crippen LogP contribution in [0.15, 0.2) is 78.9 Å². The Morgan fingerprint density at radius 1 is 0.946 bits per heavy atom. The van der Waals surface area contributed by atoms with Gasteiger partial charge in [0.05, 0.1) is 11.3 Å². The van der Waals surface area contributed by atoms with Crippen molar-refractivity contribution in [1.82, 2.24) is 15.1 Å². The third-order valence-corrected chi connectivity index (χ3v) is 6.34. The Balaban J connectivity index is 1.26. The molecule has 190 valence electrons. The first-order valence-electron chi connectivity index (χ1n) is 12.4. The summed E-state index contributed by atoms with van der Waals surface area (Å²) in [7, 11) is 1.78. The molecule has 0 saturated heterocycles. The second-order valence-corrected chi connectivity index (χ2v) is 9.15. The molecule has 0 spiro atoms. The van der Waals surface area contributed by atoms with Gasteiger partial charge in [-0.15, -0.1) is 0 Å². The molecule has 0 aliphatic rings. The van der Waals surface area contributed by atoms with E-state index in [4.69, 9.17) is 0 Å². The molecule has 2 N–H and O–H groups in total. The molecule has 1 aromatic heterocycles. The Kier molecular flexibility index (Phi) is 8.46. The van der Waals surface area contributed by atoms with Crippen LogP contribution in [0.4, 0.5) is 10.1 Å². The summed E-state index contributed by atoms with van der Waals surface area (Å²) >= 11 is 0. The van der Waals surface area contributed by atoms with Gasteiger partial charge in [0.1, 0.15) is 5.82 Å². The minimum atomic E-state index is -0.589. The number of carbonyl (C=O) groups excluding carboxylic acids is 2. The molecule has 3 aromatic carbocycles. The Labute approximate surface area is 216 Å². The molecule has 7 heteroatoms. The molecule has 0 radical (unpaired) electrons. The van der Waals surface area contributed by atoms with Gasteiger partial charge in [-0.1, -0.05) is 55.0 Å². The number of nitrogens with one attached hydrogen (secondary N) is 2. The number of carbonyl (C=O) groups is 2. The minimum absolute atomic E-state index is 0.0397. The Bertz CT molecular complexity index is 1370. The number of hydrogen-bond donors (Lipinski definition) is 2. The van der Waals surface area contributed by atoms with E-state index in [1.165, 1.54) is 18.2 Å². The molecule has 0 bridgehead atoms. The number of aromatic nitrogens is 2. The van der Waals surface area contributed by atoms with Gasteiger partial charge in [-0.25, -0.2) is 4.39 Å². The van der Waals surface area contributed by atoms with E-state index >= 15 is 0 Å². The summed E-state index contributed by atoms with van der Waals surface area (Å²) in [5.74, 6) is -1.26. The first kappa shape index (κ1) is 25.8. The molecular formula is C30H31FN4O2. The van der Waals surface area contributed by atoms with Crippen LogP contribution in [0.5, 0.6) is 0 Å². The van der Waals surface area contributed by atoms with Crippen molar-refractivity contribution < 1.29 is 14.0 Å². The molecule has 2 amide bonds. The lowest BCUT2D eigenvalue weighted by atomic mass is 10.1. The van der Waals surface area contributed by atoms with Gasteiger partial charge >= 0.3 is 0 Å². The van der Waals surface area contributed by atoms with Gasteiger partial charge in [0, 0.05) is 36.1 Å². The fourth-order valence-electron chi connectivity index (χ4n) is 4.13. The molecule has 4 rings (SSSR count). The number of amides is 2. The van der Waals surface area contributed by atoms with Gasteiger partial charge in [-0.3, -0.25) is 14.7 Å². The highest BCUT2D eigenvalue weighted by Gasteiger charge is 2.16. The molecule has 0 saturated carbocycles. The van der Waals surface area contributed by atoms with E-state index in [1.807, 2.05) is 37.3 Å². The number of nitrogens with zero attached hydrogens (tertiary/aromatic N) is 2. The molecule has 4 aromatic rings. The third kappa shape index (κ3) is 6.70. The van der Waals surface area contributed by atoms with Crippen LogP contribution in [-0.4, -0.2) is 40.5 Å². The summed E-state index contributed by atoms with van der Waals surface area (Å²) in [5, 5.41) is 10.2. The zero-order chi connectivity index (χ0) is 26.2. The fraction of sp³-hybridized carbons (Fsp3) is 0.233. The molecule has 1 heterocycles. The molecule has 37 heavy (non-hydrogen) atoms. The Morgan fingerprint density at radius 2 is 1.70 bits per heavy atom. The normalized spacial score (nSPS) is 10.8. The number of aryl methyl sites for hydroxylation is 2. The number of unbranched alkanes of at least 4 members (excludes halogenated alkanes) is 2. The molecule has 0 unspecified atom stereocenters. The average Bonchev–Trinajstić information content (AvgIpc) is 3.39. The van der Waals surface area contributed by atoms with Gasteiger partial charge in [0.15, 0.2) is 0 Å². The lowest BCUT2D eigenvalue weighted by molar-refractivity contribution is 0.0792. The van der Waals surface area contributed by atoms with Crippen LogP contribution in [-0.2, 0) is 6.42 Å². The van der Waals surface area contributed by atoms with E-state index in [2.05, 4.69) is 21.6 Å². The van der Waals surface area contributed by atoms with E-state index in [-0.39, 0.29) is 11.5 Å². The van der Waals surface area contributed by atoms with Gasteiger partial charge in [-0.05, 0) is 62.1 Å².